The van der Waals surface area contributed by atoms with Crippen molar-refractivity contribution in [2.24, 2.45) is 5.73 Å². The van der Waals surface area contributed by atoms with Gasteiger partial charge in [-0.05, 0) is 23.1 Å². The highest BCUT2D eigenvalue weighted by Crippen LogP contribution is 2.25. The van der Waals surface area contributed by atoms with Gasteiger partial charge in [-0.2, -0.15) is 0 Å². The Balaban J connectivity index is 2.19. The molecular weight excluding hydrogens is 240 g/mol. The largest absolute Gasteiger partial charge is 0.365 e. The van der Waals surface area contributed by atoms with E-state index in [-0.39, 0.29) is 24.0 Å². The zero-order chi connectivity index (χ0) is 14.0. The van der Waals surface area contributed by atoms with Crippen molar-refractivity contribution < 1.29 is 9.53 Å². The van der Waals surface area contributed by atoms with Crippen LogP contribution >= 0.6 is 0 Å². The molecule has 2 rings (SSSR count). The van der Waals surface area contributed by atoms with Gasteiger partial charge in [0.1, 0.15) is 6.61 Å². The Morgan fingerprint density at radius 2 is 1.95 bits per heavy atom. The maximum atomic E-state index is 11.9. The van der Waals surface area contributed by atoms with E-state index in [0.717, 1.165) is 5.69 Å². The first-order chi connectivity index (χ1) is 8.91. The lowest BCUT2D eigenvalue weighted by Crippen LogP contribution is -2.49. The van der Waals surface area contributed by atoms with Crippen LogP contribution in [0.5, 0.6) is 0 Å². The highest BCUT2D eigenvalue weighted by atomic mass is 16.5. The number of amides is 1. The molecule has 1 aliphatic heterocycles. The number of ether oxygens (including phenoxy) is 1. The summed E-state index contributed by atoms with van der Waals surface area (Å²) in [7, 11) is 0. The Hall–Kier alpha value is -1.39. The fraction of sp³-hybridized carbons (Fsp3) is 0.533. The Bertz CT molecular complexity index is 448. The molecule has 0 aliphatic carbocycles. The van der Waals surface area contributed by atoms with Crippen molar-refractivity contribution in [2.45, 2.75) is 32.3 Å². The van der Waals surface area contributed by atoms with E-state index in [1.807, 2.05) is 12.1 Å². The molecule has 4 heteroatoms. The minimum Gasteiger partial charge on any atom is -0.365 e. The summed E-state index contributed by atoms with van der Waals surface area (Å²) in [5.41, 5.74) is 7.90. The number of benzene rings is 1. The van der Waals surface area contributed by atoms with Crippen molar-refractivity contribution in [3.63, 3.8) is 0 Å². The van der Waals surface area contributed by atoms with Crippen LogP contribution in [0.4, 0.5) is 5.69 Å². The summed E-state index contributed by atoms with van der Waals surface area (Å²) in [6.07, 6.45) is -0.0695. The number of carbonyl (C=O) groups is 1. The molecule has 1 aliphatic rings. The normalized spacial score (nSPS) is 20.7. The molecule has 1 unspecified atom stereocenters. The van der Waals surface area contributed by atoms with Crippen LogP contribution in [0.1, 0.15) is 26.3 Å². The second-order valence-electron chi connectivity index (χ2n) is 5.97. The van der Waals surface area contributed by atoms with E-state index in [1.165, 1.54) is 5.56 Å². The molecule has 2 N–H and O–H groups in total. The quantitative estimate of drug-likeness (QED) is 0.882. The summed E-state index contributed by atoms with van der Waals surface area (Å²) in [4.78, 5) is 13.7. The predicted octanol–water partition coefficient (Wildman–Crippen LogP) is 1.67. The molecule has 1 fully saturated rings. The van der Waals surface area contributed by atoms with Crippen molar-refractivity contribution >= 4 is 11.6 Å². The first-order valence-electron chi connectivity index (χ1n) is 6.64. The number of morpholine rings is 1. The second-order valence-corrected chi connectivity index (χ2v) is 5.97. The summed E-state index contributed by atoms with van der Waals surface area (Å²) in [5, 5.41) is 0. The molecule has 1 saturated heterocycles. The second kappa shape index (κ2) is 5.31. The van der Waals surface area contributed by atoms with Gasteiger partial charge in [-0.25, -0.2) is 0 Å². The Morgan fingerprint density at radius 1 is 1.32 bits per heavy atom. The van der Waals surface area contributed by atoms with Gasteiger partial charge in [0.15, 0.2) is 0 Å². The van der Waals surface area contributed by atoms with Gasteiger partial charge in [-0.15, -0.1) is 0 Å². The number of anilines is 1. The Labute approximate surface area is 114 Å². The van der Waals surface area contributed by atoms with Crippen LogP contribution in [0.3, 0.4) is 0 Å². The Morgan fingerprint density at radius 3 is 2.47 bits per heavy atom. The average Bonchev–Trinajstić information content (AvgIpc) is 2.38. The van der Waals surface area contributed by atoms with Crippen molar-refractivity contribution in [1.29, 1.82) is 0 Å². The molecule has 0 bridgehead atoms. The molecule has 0 saturated carbocycles. The van der Waals surface area contributed by atoms with Crippen molar-refractivity contribution in [3.05, 3.63) is 29.8 Å². The lowest BCUT2D eigenvalue weighted by Gasteiger charge is -2.32. The summed E-state index contributed by atoms with van der Waals surface area (Å²) < 4.78 is 5.35. The number of carbonyl (C=O) groups excluding carboxylic acids is 1. The van der Waals surface area contributed by atoms with E-state index >= 15 is 0 Å². The van der Waals surface area contributed by atoms with Crippen molar-refractivity contribution in [3.8, 4) is 0 Å². The highest BCUT2D eigenvalue weighted by Gasteiger charge is 2.26. The SMILES string of the molecule is CC(C)(C)c1ccc(N2CC(CN)OCC2=O)cc1. The van der Waals surface area contributed by atoms with Gasteiger partial charge < -0.3 is 15.4 Å². The molecule has 0 radical (unpaired) electrons. The van der Waals surface area contributed by atoms with Crippen LogP contribution in [0.25, 0.3) is 0 Å². The van der Waals surface area contributed by atoms with Gasteiger partial charge in [0.2, 0.25) is 0 Å². The topological polar surface area (TPSA) is 55.6 Å². The minimum absolute atomic E-state index is 0.00629. The van der Waals surface area contributed by atoms with Crippen molar-refractivity contribution in [2.75, 3.05) is 24.6 Å². The van der Waals surface area contributed by atoms with E-state index in [4.69, 9.17) is 10.5 Å². The monoisotopic (exact) mass is 262 g/mol. The van der Waals surface area contributed by atoms with E-state index in [0.29, 0.717) is 13.1 Å². The van der Waals surface area contributed by atoms with Crippen LogP contribution in [-0.4, -0.2) is 31.7 Å². The number of rotatable bonds is 2. The molecular formula is C15H22N2O2. The fourth-order valence-corrected chi connectivity index (χ4v) is 2.16. The molecule has 4 nitrogen and oxygen atoms in total. The number of hydrogen-bond acceptors (Lipinski definition) is 3. The van der Waals surface area contributed by atoms with Crippen LogP contribution in [0.15, 0.2) is 24.3 Å². The summed E-state index contributed by atoms with van der Waals surface area (Å²) in [6.45, 7) is 7.60. The molecule has 1 atom stereocenters. The number of nitrogens with zero attached hydrogens (tertiary/aromatic N) is 1. The van der Waals surface area contributed by atoms with Crippen LogP contribution in [0.2, 0.25) is 0 Å². The van der Waals surface area contributed by atoms with E-state index in [2.05, 4.69) is 32.9 Å². The summed E-state index contributed by atoms with van der Waals surface area (Å²) in [6, 6.07) is 8.15. The van der Waals surface area contributed by atoms with Gasteiger partial charge in [0.05, 0.1) is 12.6 Å². The first kappa shape index (κ1) is 14.0. The minimum atomic E-state index is -0.0695. The van der Waals surface area contributed by atoms with Crippen LogP contribution < -0.4 is 10.6 Å². The molecule has 1 aromatic rings. The van der Waals surface area contributed by atoms with E-state index < -0.39 is 0 Å². The predicted molar refractivity (Wildman–Crippen MR) is 76.3 cm³/mol. The maximum Gasteiger partial charge on any atom is 0.253 e. The summed E-state index contributed by atoms with van der Waals surface area (Å²) in [5.74, 6) is -0.00629. The van der Waals surface area contributed by atoms with E-state index in [1.54, 1.807) is 4.90 Å². The van der Waals surface area contributed by atoms with Gasteiger partial charge in [0, 0.05) is 12.2 Å². The number of hydrogen-bond donors (Lipinski definition) is 1. The zero-order valence-electron chi connectivity index (χ0n) is 11.8. The zero-order valence-corrected chi connectivity index (χ0v) is 11.8. The lowest BCUT2D eigenvalue weighted by atomic mass is 9.87. The third kappa shape index (κ3) is 3.14. The maximum absolute atomic E-state index is 11.9. The van der Waals surface area contributed by atoms with Crippen LogP contribution in [0, 0.1) is 0 Å². The van der Waals surface area contributed by atoms with Gasteiger partial charge in [-0.1, -0.05) is 32.9 Å². The molecule has 1 amide bonds. The molecule has 19 heavy (non-hydrogen) atoms. The fourth-order valence-electron chi connectivity index (χ4n) is 2.16. The third-order valence-electron chi connectivity index (χ3n) is 3.44. The van der Waals surface area contributed by atoms with Gasteiger partial charge in [-0.3, -0.25) is 4.79 Å². The third-order valence-corrected chi connectivity index (χ3v) is 3.44. The average molecular weight is 262 g/mol. The van der Waals surface area contributed by atoms with Crippen LogP contribution in [-0.2, 0) is 14.9 Å². The molecule has 1 aromatic carbocycles. The lowest BCUT2D eigenvalue weighted by molar-refractivity contribution is -0.128. The van der Waals surface area contributed by atoms with E-state index in [9.17, 15) is 4.79 Å². The van der Waals surface area contributed by atoms with Crippen molar-refractivity contribution in [1.82, 2.24) is 0 Å². The van der Waals surface area contributed by atoms with Gasteiger partial charge >= 0.3 is 0 Å². The molecule has 104 valence electrons. The Kier molecular flexibility index (Phi) is 3.92. The molecule has 0 spiro atoms. The first-order valence-corrected chi connectivity index (χ1v) is 6.64. The summed E-state index contributed by atoms with van der Waals surface area (Å²) >= 11 is 0. The molecule has 1 heterocycles. The number of nitrogens with two attached hydrogens (primary N) is 1. The molecule has 0 aromatic heterocycles. The standard InChI is InChI=1S/C15H22N2O2/c1-15(2,3)11-4-6-12(7-5-11)17-9-13(8-16)19-10-14(17)18/h4-7,13H,8-10,16H2,1-3H3. The smallest absolute Gasteiger partial charge is 0.253 e. The van der Waals surface area contributed by atoms with Gasteiger partial charge in [0.25, 0.3) is 5.91 Å². The highest BCUT2D eigenvalue weighted by molar-refractivity contribution is 5.95.